The van der Waals surface area contributed by atoms with Crippen molar-refractivity contribution in [1.29, 1.82) is 0 Å². The summed E-state index contributed by atoms with van der Waals surface area (Å²) in [5.74, 6) is 0.270. The lowest BCUT2D eigenvalue weighted by Crippen LogP contribution is -2.08. The van der Waals surface area contributed by atoms with Crippen molar-refractivity contribution in [2.24, 2.45) is 0 Å². The van der Waals surface area contributed by atoms with Crippen molar-refractivity contribution in [2.75, 3.05) is 11.1 Å². The number of nitrogen functional groups attached to an aromatic ring is 1. The fourth-order valence-corrected chi connectivity index (χ4v) is 1.59. The van der Waals surface area contributed by atoms with Gasteiger partial charge in [-0.1, -0.05) is 6.07 Å². The van der Waals surface area contributed by atoms with Gasteiger partial charge in [-0.05, 0) is 24.6 Å². The molecule has 1 aromatic carbocycles. The first-order valence-corrected chi connectivity index (χ1v) is 5.38. The standard InChI is InChI=1S/C12H11F3N4/c1-7-2-3-8(4-9(7)12(13,14)15)19-11-10(16)5-17-6-18-11/h2-6H,16H2,1H3,(H,17,18,19). The molecule has 0 radical (unpaired) electrons. The van der Waals surface area contributed by atoms with Gasteiger partial charge in [0.2, 0.25) is 0 Å². The maximum atomic E-state index is 12.8. The number of alkyl halides is 3. The van der Waals surface area contributed by atoms with E-state index < -0.39 is 11.7 Å². The van der Waals surface area contributed by atoms with Crippen LogP contribution in [-0.2, 0) is 6.18 Å². The molecule has 0 bridgehead atoms. The summed E-state index contributed by atoms with van der Waals surface area (Å²) in [5, 5.41) is 2.74. The van der Waals surface area contributed by atoms with Crippen LogP contribution in [0.3, 0.4) is 0 Å². The molecule has 2 aromatic rings. The molecule has 0 amide bonds. The van der Waals surface area contributed by atoms with Gasteiger partial charge in [0.25, 0.3) is 0 Å². The average molecular weight is 268 g/mol. The van der Waals surface area contributed by atoms with E-state index in [1.807, 2.05) is 0 Å². The molecule has 0 aliphatic carbocycles. The molecule has 0 spiro atoms. The Morgan fingerprint density at radius 3 is 2.63 bits per heavy atom. The fourth-order valence-electron chi connectivity index (χ4n) is 1.59. The van der Waals surface area contributed by atoms with Crippen molar-refractivity contribution in [1.82, 2.24) is 9.97 Å². The number of anilines is 3. The summed E-state index contributed by atoms with van der Waals surface area (Å²) >= 11 is 0. The molecule has 0 aliphatic heterocycles. The van der Waals surface area contributed by atoms with Crippen LogP contribution in [0.5, 0.6) is 0 Å². The Morgan fingerprint density at radius 2 is 2.00 bits per heavy atom. The Morgan fingerprint density at radius 1 is 1.26 bits per heavy atom. The smallest absolute Gasteiger partial charge is 0.394 e. The Bertz CT molecular complexity index is 596. The third kappa shape index (κ3) is 2.93. The van der Waals surface area contributed by atoms with Gasteiger partial charge < -0.3 is 11.1 Å². The lowest BCUT2D eigenvalue weighted by molar-refractivity contribution is -0.138. The maximum Gasteiger partial charge on any atom is 0.416 e. The molecule has 1 aromatic heterocycles. The minimum absolute atomic E-state index is 0.161. The minimum Gasteiger partial charge on any atom is -0.394 e. The Hall–Kier alpha value is -2.31. The van der Waals surface area contributed by atoms with E-state index in [1.54, 1.807) is 0 Å². The molecular weight excluding hydrogens is 257 g/mol. The monoisotopic (exact) mass is 268 g/mol. The van der Waals surface area contributed by atoms with Gasteiger partial charge >= 0.3 is 6.18 Å². The molecule has 0 atom stereocenters. The first-order valence-electron chi connectivity index (χ1n) is 5.38. The highest BCUT2D eigenvalue weighted by Crippen LogP contribution is 2.34. The van der Waals surface area contributed by atoms with E-state index in [0.717, 1.165) is 6.07 Å². The molecule has 7 heteroatoms. The molecule has 4 nitrogen and oxygen atoms in total. The normalized spacial score (nSPS) is 11.4. The molecule has 100 valence electrons. The number of benzene rings is 1. The molecule has 0 aliphatic rings. The predicted octanol–water partition coefficient (Wildman–Crippen LogP) is 3.13. The van der Waals surface area contributed by atoms with Gasteiger partial charge in [0.05, 0.1) is 17.4 Å². The SMILES string of the molecule is Cc1ccc(Nc2ncncc2N)cc1C(F)(F)F. The Balaban J connectivity index is 2.35. The van der Waals surface area contributed by atoms with Crippen LogP contribution >= 0.6 is 0 Å². The molecule has 0 saturated heterocycles. The third-order valence-corrected chi connectivity index (χ3v) is 2.55. The van der Waals surface area contributed by atoms with E-state index in [1.165, 1.54) is 31.6 Å². The number of halogens is 3. The summed E-state index contributed by atoms with van der Waals surface area (Å²) in [6.07, 6.45) is -1.76. The molecule has 0 saturated carbocycles. The topological polar surface area (TPSA) is 63.8 Å². The van der Waals surface area contributed by atoms with Crippen LogP contribution in [0.25, 0.3) is 0 Å². The van der Waals surface area contributed by atoms with Gasteiger partial charge in [-0.15, -0.1) is 0 Å². The van der Waals surface area contributed by atoms with E-state index in [9.17, 15) is 13.2 Å². The molecule has 19 heavy (non-hydrogen) atoms. The minimum atomic E-state index is -4.39. The van der Waals surface area contributed by atoms with Crippen molar-refractivity contribution >= 4 is 17.2 Å². The van der Waals surface area contributed by atoms with E-state index in [4.69, 9.17) is 5.73 Å². The van der Waals surface area contributed by atoms with E-state index >= 15 is 0 Å². The lowest BCUT2D eigenvalue weighted by Gasteiger charge is -2.13. The third-order valence-electron chi connectivity index (χ3n) is 2.55. The van der Waals surface area contributed by atoms with Gasteiger partial charge in [0.1, 0.15) is 6.33 Å². The molecule has 0 fully saturated rings. The number of aryl methyl sites for hydroxylation is 1. The highest BCUT2D eigenvalue weighted by molar-refractivity contribution is 5.68. The van der Waals surface area contributed by atoms with Crippen LogP contribution in [-0.4, -0.2) is 9.97 Å². The lowest BCUT2D eigenvalue weighted by atomic mass is 10.1. The Kier molecular flexibility index (Phi) is 3.28. The molecule has 2 rings (SSSR count). The number of hydrogen-bond donors (Lipinski definition) is 2. The van der Waals surface area contributed by atoms with Gasteiger partial charge in [-0.3, -0.25) is 0 Å². The summed E-state index contributed by atoms with van der Waals surface area (Å²) in [5.41, 5.74) is 5.61. The summed E-state index contributed by atoms with van der Waals surface area (Å²) in [7, 11) is 0. The van der Waals surface area contributed by atoms with E-state index in [0.29, 0.717) is 0 Å². The van der Waals surface area contributed by atoms with Crippen molar-refractivity contribution in [3.63, 3.8) is 0 Å². The summed E-state index contributed by atoms with van der Waals surface area (Å²) in [6.45, 7) is 1.41. The largest absolute Gasteiger partial charge is 0.416 e. The molecule has 3 N–H and O–H groups in total. The van der Waals surface area contributed by atoms with E-state index in [2.05, 4.69) is 15.3 Å². The quantitative estimate of drug-likeness (QED) is 0.878. The highest BCUT2D eigenvalue weighted by atomic mass is 19.4. The van der Waals surface area contributed by atoms with Crippen molar-refractivity contribution < 1.29 is 13.2 Å². The van der Waals surface area contributed by atoms with Gasteiger partial charge in [-0.25, -0.2) is 9.97 Å². The van der Waals surface area contributed by atoms with E-state index in [-0.39, 0.29) is 22.8 Å². The first-order chi connectivity index (χ1) is 8.88. The number of rotatable bonds is 2. The van der Waals surface area contributed by atoms with Crippen LogP contribution in [0.2, 0.25) is 0 Å². The zero-order valence-corrected chi connectivity index (χ0v) is 9.99. The van der Waals surface area contributed by atoms with Crippen LogP contribution in [0.1, 0.15) is 11.1 Å². The Labute approximate surface area is 107 Å². The average Bonchev–Trinajstić information content (AvgIpc) is 2.33. The molecule has 0 unspecified atom stereocenters. The van der Waals surface area contributed by atoms with Crippen molar-refractivity contribution in [3.05, 3.63) is 41.9 Å². The van der Waals surface area contributed by atoms with Crippen LogP contribution in [0, 0.1) is 6.92 Å². The van der Waals surface area contributed by atoms with Crippen LogP contribution < -0.4 is 11.1 Å². The van der Waals surface area contributed by atoms with Crippen molar-refractivity contribution in [3.8, 4) is 0 Å². The van der Waals surface area contributed by atoms with Crippen molar-refractivity contribution in [2.45, 2.75) is 13.1 Å². The second-order valence-electron chi connectivity index (χ2n) is 3.98. The number of nitrogens with zero attached hydrogens (tertiary/aromatic N) is 2. The zero-order chi connectivity index (χ0) is 14.0. The maximum absolute atomic E-state index is 12.8. The summed E-state index contributed by atoms with van der Waals surface area (Å²) in [4.78, 5) is 7.56. The summed E-state index contributed by atoms with van der Waals surface area (Å²) in [6, 6.07) is 3.95. The second kappa shape index (κ2) is 4.75. The number of hydrogen-bond acceptors (Lipinski definition) is 4. The second-order valence-corrected chi connectivity index (χ2v) is 3.98. The van der Waals surface area contributed by atoms with Gasteiger partial charge in [0.15, 0.2) is 5.82 Å². The first kappa shape index (κ1) is 13.1. The number of aromatic nitrogens is 2. The molecular formula is C12H11F3N4. The highest BCUT2D eigenvalue weighted by Gasteiger charge is 2.32. The van der Waals surface area contributed by atoms with Crippen LogP contribution in [0.15, 0.2) is 30.7 Å². The predicted molar refractivity (Wildman–Crippen MR) is 65.9 cm³/mol. The van der Waals surface area contributed by atoms with Gasteiger partial charge in [0, 0.05) is 5.69 Å². The number of nitrogens with two attached hydrogens (primary N) is 1. The molecule has 1 heterocycles. The zero-order valence-electron chi connectivity index (χ0n) is 9.99. The summed E-state index contributed by atoms with van der Waals surface area (Å²) < 4.78 is 38.3. The number of nitrogens with one attached hydrogen (secondary N) is 1. The van der Waals surface area contributed by atoms with Gasteiger partial charge in [-0.2, -0.15) is 13.2 Å². The fraction of sp³-hybridized carbons (Fsp3) is 0.167. The van der Waals surface area contributed by atoms with Crippen LogP contribution in [0.4, 0.5) is 30.4 Å².